The Morgan fingerprint density at radius 3 is 2.29 bits per heavy atom. The second-order valence-electron chi connectivity index (χ2n) is 5.35. The molecule has 0 aliphatic carbocycles. The number of nitrogens with two attached hydrogens (primary N) is 1. The molecule has 0 aliphatic rings. The highest BCUT2D eigenvalue weighted by atomic mass is 16.3. The molecule has 0 bridgehead atoms. The van der Waals surface area contributed by atoms with Crippen LogP contribution in [0.15, 0.2) is 6.07 Å². The molecule has 0 amide bonds. The number of aliphatic hydroxyl groups excluding tert-OH is 1. The van der Waals surface area contributed by atoms with E-state index in [0.717, 1.165) is 34.1 Å². The topological polar surface area (TPSA) is 81.1 Å². The summed E-state index contributed by atoms with van der Waals surface area (Å²) in [5.74, 6) is 0.298. The molecule has 3 N–H and O–H groups in total. The second-order valence-corrected chi connectivity index (χ2v) is 5.35. The average Bonchev–Trinajstić information content (AvgIpc) is 2.74. The number of carbonyl (C=O) groups excluding carboxylic acids is 1. The lowest BCUT2D eigenvalue weighted by Crippen LogP contribution is -2.08. The summed E-state index contributed by atoms with van der Waals surface area (Å²) in [5, 5.41) is 13.5. The molecule has 0 radical (unpaired) electrons. The number of hydrogen-bond donors (Lipinski definition) is 2. The molecule has 0 spiro atoms. The van der Waals surface area contributed by atoms with Crippen molar-refractivity contribution in [3.8, 4) is 11.3 Å². The molecule has 2 aromatic rings. The molecule has 5 nitrogen and oxygen atoms in total. The van der Waals surface area contributed by atoms with Gasteiger partial charge in [-0.05, 0) is 49.9 Å². The minimum absolute atomic E-state index is 0.0750. The van der Waals surface area contributed by atoms with E-state index < -0.39 is 0 Å². The van der Waals surface area contributed by atoms with Crippen molar-refractivity contribution in [2.24, 2.45) is 0 Å². The number of aliphatic hydroxyl groups is 1. The number of hydrogen-bond acceptors (Lipinski definition) is 4. The van der Waals surface area contributed by atoms with E-state index in [2.05, 4.69) is 11.2 Å². The molecule has 0 saturated carbocycles. The average molecular weight is 287 g/mol. The lowest BCUT2D eigenvalue weighted by Gasteiger charge is -2.14. The van der Waals surface area contributed by atoms with E-state index in [1.807, 2.05) is 27.7 Å². The van der Waals surface area contributed by atoms with Crippen LogP contribution in [0.1, 0.15) is 32.6 Å². The number of anilines is 1. The summed E-state index contributed by atoms with van der Waals surface area (Å²) in [6.07, 6.45) is 0.738. The summed E-state index contributed by atoms with van der Waals surface area (Å²) >= 11 is 0. The highest BCUT2D eigenvalue weighted by Gasteiger charge is 2.21. The largest absolute Gasteiger partial charge is 0.394 e. The zero-order valence-electron chi connectivity index (χ0n) is 12.9. The number of aldehydes is 1. The maximum Gasteiger partial charge on any atom is 0.156 e. The fraction of sp³-hybridized carbons (Fsp3) is 0.375. The molecular formula is C16H21N3O2. The molecule has 21 heavy (non-hydrogen) atoms. The third-order valence-electron chi connectivity index (χ3n) is 4.06. The van der Waals surface area contributed by atoms with Crippen LogP contribution < -0.4 is 5.73 Å². The number of benzene rings is 1. The van der Waals surface area contributed by atoms with Crippen LogP contribution in [-0.4, -0.2) is 27.8 Å². The zero-order valence-corrected chi connectivity index (χ0v) is 12.9. The Hall–Kier alpha value is -2.14. The number of nitrogen functional groups attached to an aromatic ring is 1. The van der Waals surface area contributed by atoms with E-state index in [-0.39, 0.29) is 13.2 Å². The van der Waals surface area contributed by atoms with Crippen LogP contribution in [0.4, 0.5) is 5.82 Å². The Balaban J connectivity index is 2.79. The number of aromatic nitrogens is 2. The quantitative estimate of drug-likeness (QED) is 0.844. The van der Waals surface area contributed by atoms with Crippen LogP contribution in [0.25, 0.3) is 11.3 Å². The van der Waals surface area contributed by atoms with Gasteiger partial charge in [0.25, 0.3) is 0 Å². The van der Waals surface area contributed by atoms with E-state index in [1.165, 1.54) is 4.68 Å². The number of carbonyl (C=O) groups is 1. The molecule has 0 fully saturated rings. The Labute approximate surface area is 124 Å². The summed E-state index contributed by atoms with van der Waals surface area (Å²) in [6, 6.07) is 2.13. The molecule has 1 aromatic carbocycles. The van der Waals surface area contributed by atoms with Crippen molar-refractivity contribution < 1.29 is 9.90 Å². The molecule has 0 aliphatic heterocycles. The van der Waals surface area contributed by atoms with Crippen molar-refractivity contribution in [1.82, 2.24) is 9.78 Å². The molecule has 1 heterocycles. The Morgan fingerprint density at radius 2 is 1.81 bits per heavy atom. The van der Waals surface area contributed by atoms with Crippen LogP contribution in [0.3, 0.4) is 0 Å². The zero-order chi connectivity index (χ0) is 15.7. The summed E-state index contributed by atoms with van der Waals surface area (Å²) in [6.45, 7) is 8.32. The lowest BCUT2D eigenvalue weighted by atomic mass is 9.91. The van der Waals surface area contributed by atoms with Crippen molar-refractivity contribution >= 4 is 12.1 Å². The predicted molar refractivity (Wildman–Crippen MR) is 83.5 cm³/mol. The van der Waals surface area contributed by atoms with E-state index >= 15 is 0 Å². The van der Waals surface area contributed by atoms with Crippen molar-refractivity contribution in [3.63, 3.8) is 0 Å². The summed E-state index contributed by atoms with van der Waals surface area (Å²) < 4.78 is 1.48. The van der Waals surface area contributed by atoms with E-state index in [4.69, 9.17) is 10.8 Å². The normalized spacial score (nSPS) is 10.9. The summed E-state index contributed by atoms with van der Waals surface area (Å²) in [4.78, 5) is 11.4. The van der Waals surface area contributed by atoms with Crippen LogP contribution in [-0.2, 0) is 6.54 Å². The first-order valence-electron chi connectivity index (χ1n) is 6.92. The van der Waals surface area contributed by atoms with Gasteiger partial charge in [-0.25, -0.2) is 4.68 Å². The SMILES string of the molecule is Cc1cc(C)c(C)c(-c2nn(CCO)c(N)c2C=O)c1C. The molecule has 0 saturated heterocycles. The Kier molecular flexibility index (Phi) is 4.14. The van der Waals surface area contributed by atoms with Crippen molar-refractivity contribution in [2.75, 3.05) is 12.3 Å². The molecule has 112 valence electrons. The van der Waals surface area contributed by atoms with Gasteiger partial charge in [0.15, 0.2) is 6.29 Å². The molecule has 0 unspecified atom stereocenters. The number of rotatable bonds is 4. The monoisotopic (exact) mass is 287 g/mol. The fourth-order valence-electron chi connectivity index (χ4n) is 2.63. The molecule has 5 heteroatoms. The standard InChI is InChI=1S/C16H21N3O2/c1-9-7-10(2)12(4)14(11(9)3)15-13(8-21)16(17)19(18-15)5-6-20/h7-8,20H,5-6,17H2,1-4H3. The fourth-order valence-corrected chi connectivity index (χ4v) is 2.63. The van der Waals surface area contributed by atoms with Crippen LogP contribution in [0.5, 0.6) is 0 Å². The maximum atomic E-state index is 11.4. The minimum atomic E-state index is -0.0750. The van der Waals surface area contributed by atoms with Gasteiger partial charge < -0.3 is 10.8 Å². The predicted octanol–water partition coefficient (Wildman–Crippen LogP) is 2.17. The third-order valence-corrected chi connectivity index (χ3v) is 4.06. The Morgan fingerprint density at radius 1 is 1.24 bits per heavy atom. The van der Waals surface area contributed by atoms with Gasteiger partial charge in [-0.1, -0.05) is 6.07 Å². The van der Waals surface area contributed by atoms with Crippen molar-refractivity contribution in [3.05, 3.63) is 33.9 Å². The highest BCUT2D eigenvalue weighted by Crippen LogP contribution is 2.34. The molecule has 0 atom stereocenters. The van der Waals surface area contributed by atoms with Crippen LogP contribution in [0, 0.1) is 27.7 Å². The van der Waals surface area contributed by atoms with Gasteiger partial charge in [-0.2, -0.15) is 5.10 Å². The number of nitrogens with zero attached hydrogens (tertiary/aromatic N) is 2. The van der Waals surface area contributed by atoms with E-state index in [0.29, 0.717) is 17.1 Å². The third kappa shape index (κ3) is 2.45. The van der Waals surface area contributed by atoms with Gasteiger partial charge in [0.2, 0.25) is 0 Å². The second kappa shape index (κ2) is 5.69. The lowest BCUT2D eigenvalue weighted by molar-refractivity contribution is 0.112. The van der Waals surface area contributed by atoms with Gasteiger partial charge in [0.1, 0.15) is 11.5 Å². The summed E-state index contributed by atoms with van der Waals surface area (Å²) in [5.41, 5.74) is 12.4. The molecule has 2 rings (SSSR count). The van der Waals surface area contributed by atoms with Crippen molar-refractivity contribution in [1.29, 1.82) is 0 Å². The van der Waals surface area contributed by atoms with Crippen LogP contribution >= 0.6 is 0 Å². The van der Waals surface area contributed by atoms with Crippen molar-refractivity contribution in [2.45, 2.75) is 34.2 Å². The number of aryl methyl sites for hydroxylation is 2. The minimum Gasteiger partial charge on any atom is -0.394 e. The van der Waals surface area contributed by atoms with Gasteiger partial charge in [-0.3, -0.25) is 4.79 Å². The summed E-state index contributed by atoms with van der Waals surface area (Å²) in [7, 11) is 0. The van der Waals surface area contributed by atoms with Gasteiger partial charge in [0.05, 0.1) is 18.7 Å². The van der Waals surface area contributed by atoms with Gasteiger partial charge >= 0.3 is 0 Å². The first kappa shape index (κ1) is 15.3. The maximum absolute atomic E-state index is 11.4. The Bertz CT molecular complexity index is 676. The van der Waals surface area contributed by atoms with E-state index in [9.17, 15) is 4.79 Å². The first-order chi connectivity index (χ1) is 9.92. The van der Waals surface area contributed by atoms with Crippen LogP contribution in [0.2, 0.25) is 0 Å². The smallest absolute Gasteiger partial charge is 0.156 e. The van der Waals surface area contributed by atoms with Gasteiger partial charge in [-0.15, -0.1) is 0 Å². The highest BCUT2D eigenvalue weighted by molar-refractivity contribution is 5.93. The van der Waals surface area contributed by atoms with E-state index in [1.54, 1.807) is 0 Å². The van der Waals surface area contributed by atoms with Gasteiger partial charge in [0, 0.05) is 5.56 Å². The molecular weight excluding hydrogens is 266 g/mol. The molecule has 1 aromatic heterocycles. The first-order valence-corrected chi connectivity index (χ1v) is 6.92.